The molecule has 0 unspecified atom stereocenters. The number of nitrogens with zero attached hydrogens (tertiary/aromatic N) is 3. The maximum atomic E-state index is 5.31. The Morgan fingerprint density at radius 1 is 0.944 bits per heavy atom. The molecule has 0 saturated carbocycles. The molecule has 5 nitrogen and oxygen atoms in total. The van der Waals surface area contributed by atoms with Gasteiger partial charge in [-0.3, -0.25) is 9.89 Å². The molecule has 1 heterocycles. The molecule has 0 atom stereocenters. The van der Waals surface area contributed by atoms with Crippen LogP contribution in [0.2, 0.25) is 0 Å². The van der Waals surface area contributed by atoms with E-state index < -0.39 is 0 Å². The molecule has 18 heavy (non-hydrogen) atoms. The minimum absolute atomic E-state index is 0.199. The number of rotatable bonds is 8. The second kappa shape index (κ2) is 9.16. The summed E-state index contributed by atoms with van der Waals surface area (Å²) in [6.07, 6.45) is 5.42. The first kappa shape index (κ1) is 15.2. The van der Waals surface area contributed by atoms with Crippen molar-refractivity contribution < 1.29 is 0 Å². The van der Waals surface area contributed by atoms with Crippen LogP contribution in [0.3, 0.4) is 0 Å². The first-order valence-corrected chi connectivity index (χ1v) is 7.22. The van der Waals surface area contributed by atoms with Crippen LogP contribution in [0.25, 0.3) is 0 Å². The van der Waals surface area contributed by atoms with Crippen molar-refractivity contribution in [2.24, 2.45) is 16.5 Å². The van der Waals surface area contributed by atoms with Crippen LogP contribution in [0, 0.1) is 0 Å². The van der Waals surface area contributed by atoms with Crippen LogP contribution in [0.15, 0.2) is 4.99 Å². The van der Waals surface area contributed by atoms with Crippen LogP contribution in [0.5, 0.6) is 0 Å². The molecule has 1 aliphatic heterocycles. The molecule has 0 aromatic rings. The van der Waals surface area contributed by atoms with E-state index >= 15 is 0 Å². The number of aliphatic imine (C=N–C) groups is 1. The van der Waals surface area contributed by atoms with Crippen LogP contribution in [-0.2, 0) is 0 Å². The van der Waals surface area contributed by atoms with Crippen molar-refractivity contribution in [2.45, 2.75) is 32.6 Å². The van der Waals surface area contributed by atoms with Gasteiger partial charge < -0.3 is 16.4 Å². The maximum Gasteiger partial charge on any atom is 0.185 e. The highest BCUT2D eigenvalue weighted by Crippen LogP contribution is 2.05. The fourth-order valence-corrected chi connectivity index (χ4v) is 2.32. The van der Waals surface area contributed by atoms with E-state index in [4.69, 9.17) is 11.5 Å². The lowest BCUT2D eigenvalue weighted by Gasteiger charge is -2.34. The fourth-order valence-electron chi connectivity index (χ4n) is 2.32. The third-order valence-corrected chi connectivity index (χ3v) is 3.50. The molecule has 0 spiro atoms. The quantitative estimate of drug-likeness (QED) is 0.375. The van der Waals surface area contributed by atoms with Crippen molar-refractivity contribution in [1.82, 2.24) is 9.80 Å². The third-order valence-electron chi connectivity index (χ3n) is 3.50. The Labute approximate surface area is 111 Å². The Balaban J connectivity index is 2.04. The fraction of sp³-hybridized carbons (Fsp3) is 0.923. The Kier molecular flexibility index (Phi) is 7.76. The second-order valence-electron chi connectivity index (χ2n) is 5.05. The van der Waals surface area contributed by atoms with Gasteiger partial charge in [0.15, 0.2) is 5.96 Å². The minimum Gasteiger partial charge on any atom is -0.370 e. The number of nitrogens with two attached hydrogens (primary N) is 2. The summed E-state index contributed by atoms with van der Waals surface area (Å²) in [5.41, 5.74) is 10.6. The molecule has 5 heteroatoms. The Morgan fingerprint density at radius 3 is 2.11 bits per heavy atom. The van der Waals surface area contributed by atoms with Gasteiger partial charge in [0.25, 0.3) is 0 Å². The lowest BCUT2D eigenvalue weighted by Crippen LogP contribution is -2.47. The number of piperazine rings is 1. The zero-order valence-corrected chi connectivity index (χ0v) is 11.8. The van der Waals surface area contributed by atoms with E-state index in [0.717, 1.165) is 26.2 Å². The van der Waals surface area contributed by atoms with Gasteiger partial charge >= 0.3 is 0 Å². The summed E-state index contributed by atoms with van der Waals surface area (Å²) in [5.74, 6) is 0.199. The zero-order valence-electron chi connectivity index (χ0n) is 11.8. The SMILES string of the molecule is CCCCCCN1CCN(CCN=C(N)N)CC1. The summed E-state index contributed by atoms with van der Waals surface area (Å²) >= 11 is 0. The molecule has 1 fully saturated rings. The summed E-state index contributed by atoms with van der Waals surface area (Å²) in [6, 6.07) is 0. The molecule has 0 aromatic heterocycles. The third kappa shape index (κ3) is 6.81. The van der Waals surface area contributed by atoms with Crippen LogP contribution in [0.1, 0.15) is 32.6 Å². The monoisotopic (exact) mass is 255 g/mol. The van der Waals surface area contributed by atoms with E-state index in [9.17, 15) is 0 Å². The molecule has 4 N–H and O–H groups in total. The van der Waals surface area contributed by atoms with Gasteiger partial charge in [0.1, 0.15) is 0 Å². The lowest BCUT2D eigenvalue weighted by atomic mass is 10.2. The molecule has 0 amide bonds. The van der Waals surface area contributed by atoms with E-state index in [2.05, 4.69) is 21.7 Å². The largest absolute Gasteiger partial charge is 0.370 e. The van der Waals surface area contributed by atoms with Gasteiger partial charge in [-0.25, -0.2) is 0 Å². The molecule has 0 bridgehead atoms. The van der Waals surface area contributed by atoms with Gasteiger partial charge in [0, 0.05) is 32.7 Å². The summed E-state index contributed by atoms with van der Waals surface area (Å²) in [5, 5.41) is 0. The second-order valence-corrected chi connectivity index (χ2v) is 5.05. The van der Waals surface area contributed by atoms with E-state index in [1.54, 1.807) is 0 Å². The van der Waals surface area contributed by atoms with Crippen molar-refractivity contribution in [1.29, 1.82) is 0 Å². The Hall–Kier alpha value is -0.810. The zero-order chi connectivity index (χ0) is 13.2. The highest BCUT2D eigenvalue weighted by molar-refractivity contribution is 5.75. The Bertz CT molecular complexity index is 230. The van der Waals surface area contributed by atoms with E-state index in [1.807, 2.05) is 0 Å². The number of guanidine groups is 1. The van der Waals surface area contributed by atoms with Crippen LogP contribution < -0.4 is 11.5 Å². The maximum absolute atomic E-state index is 5.31. The van der Waals surface area contributed by atoms with Gasteiger partial charge in [0.2, 0.25) is 0 Å². The molecule has 106 valence electrons. The first-order valence-electron chi connectivity index (χ1n) is 7.22. The molecule has 0 aromatic carbocycles. The summed E-state index contributed by atoms with van der Waals surface area (Å²) in [6.45, 7) is 9.89. The van der Waals surface area contributed by atoms with E-state index in [-0.39, 0.29) is 5.96 Å². The molecular formula is C13H29N5. The lowest BCUT2D eigenvalue weighted by molar-refractivity contribution is 0.133. The standard InChI is InChI=1S/C13H29N5/c1-2-3-4-5-7-17-9-11-18(12-10-17)8-6-16-13(14)15/h2-12H2,1H3,(H4,14,15,16). The average Bonchev–Trinajstić information content (AvgIpc) is 2.36. The van der Waals surface area contributed by atoms with Crippen LogP contribution >= 0.6 is 0 Å². The van der Waals surface area contributed by atoms with Gasteiger partial charge in [-0.05, 0) is 13.0 Å². The first-order chi connectivity index (χ1) is 8.72. The van der Waals surface area contributed by atoms with E-state index in [1.165, 1.54) is 45.3 Å². The van der Waals surface area contributed by atoms with Gasteiger partial charge in [-0.1, -0.05) is 26.2 Å². The minimum atomic E-state index is 0.199. The highest BCUT2D eigenvalue weighted by Gasteiger charge is 2.15. The molecule has 1 saturated heterocycles. The molecule has 0 aliphatic carbocycles. The van der Waals surface area contributed by atoms with Crippen LogP contribution in [0.4, 0.5) is 0 Å². The van der Waals surface area contributed by atoms with Gasteiger partial charge in [0.05, 0.1) is 6.54 Å². The van der Waals surface area contributed by atoms with Crippen molar-refractivity contribution in [3.63, 3.8) is 0 Å². The van der Waals surface area contributed by atoms with Gasteiger partial charge in [-0.15, -0.1) is 0 Å². The summed E-state index contributed by atoms with van der Waals surface area (Å²) in [7, 11) is 0. The topological polar surface area (TPSA) is 70.9 Å². The summed E-state index contributed by atoms with van der Waals surface area (Å²) < 4.78 is 0. The molecule has 0 radical (unpaired) electrons. The number of unbranched alkanes of at least 4 members (excludes halogenated alkanes) is 3. The predicted octanol–water partition coefficient (Wildman–Crippen LogP) is 0.458. The van der Waals surface area contributed by atoms with Crippen molar-refractivity contribution >= 4 is 5.96 Å². The average molecular weight is 255 g/mol. The number of hydrogen-bond donors (Lipinski definition) is 2. The number of hydrogen-bond acceptors (Lipinski definition) is 3. The van der Waals surface area contributed by atoms with Crippen molar-refractivity contribution in [2.75, 3.05) is 45.8 Å². The normalized spacial score (nSPS) is 17.8. The van der Waals surface area contributed by atoms with Crippen molar-refractivity contribution in [3.8, 4) is 0 Å². The smallest absolute Gasteiger partial charge is 0.185 e. The predicted molar refractivity (Wildman–Crippen MR) is 77.7 cm³/mol. The summed E-state index contributed by atoms with van der Waals surface area (Å²) in [4.78, 5) is 9.04. The molecular weight excluding hydrogens is 226 g/mol. The Morgan fingerprint density at radius 2 is 1.56 bits per heavy atom. The van der Waals surface area contributed by atoms with E-state index in [0.29, 0.717) is 0 Å². The van der Waals surface area contributed by atoms with Gasteiger partial charge in [-0.2, -0.15) is 0 Å². The van der Waals surface area contributed by atoms with Crippen molar-refractivity contribution in [3.05, 3.63) is 0 Å². The highest BCUT2D eigenvalue weighted by atomic mass is 15.3. The molecule has 1 rings (SSSR count). The van der Waals surface area contributed by atoms with Crippen LogP contribution in [-0.4, -0.2) is 61.6 Å². The molecule has 1 aliphatic rings.